The summed E-state index contributed by atoms with van der Waals surface area (Å²) < 4.78 is 14.9. The van der Waals surface area contributed by atoms with E-state index >= 15 is 0 Å². The molecule has 0 atom stereocenters. The number of para-hydroxylation sites is 2. The van der Waals surface area contributed by atoms with E-state index in [0.717, 1.165) is 111 Å². The van der Waals surface area contributed by atoms with Crippen LogP contribution < -0.4 is 0 Å². The number of aromatic nitrogens is 2. The second-order valence-corrected chi connectivity index (χ2v) is 30.5. The van der Waals surface area contributed by atoms with E-state index in [1.54, 1.807) is 22.7 Å². The zero-order chi connectivity index (χ0) is 74.2. The number of rotatable bonds is 15. The topological polar surface area (TPSA) is 75.9 Å². The molecule has 0 amide bonds. The van der Waals surface area contributed by atoms with Gasteiger partial charge in [-0.05, 0) is 233 Å². The Morgan fingerprint density at radius 1 is 0.308 bits per heavy atom. The molecule has 0 saturated heterocycles. The third-order valence-corrected chi connectivity index (χ3v) is 22.4. The average Bonchev–Trinajstić information content (AvgIpc) is 1.58. The van der Waals surface area contributed by atoms with E-state index in [4.69, 9.17) is 9.47 Å². The van der Waals surface area contributed by atoms with Crippen LogP contribution in [0.1, 0.15) is 90.7 Å². The summed E-state index contributed by atoms with van der Waals surface area (Å²) in [5, 5.41) is 35.3. The Morgan fingerprint density at radius 3 is 0.813 bits per heavy atom. The van der Waals surface area contributed by atoms with E-state index in [1.165, 1.54) is 111 Å². The van der Waals surface area contributed by atoms with E-state index in [9.17, 15) is 10.2 Å². The van der Waals surface area contributed by atoms with Crippen molar-refractivity contribution in [3.05, 3.63) is 333 Å². The first kappa shape index (κ1) is 74.7. The fourth-order valence-electron chi connectivity index (χ4n) is 16.3. The molecule has 0 saturated carbocycles. The molecule has 0 fully saturated rings. The normalized spacial score (nSPS) is 11.2. The standard InChI is InChI=1S/C84H76N2O4S2.2C7H7.Hf/c1-47-33-51(5)77(52(6)34-47)59-23-27-71-65(41-59)66-42-60(78-53(7)35-48(2)36-54(78)8)24-28-72(66)85(71)83-81(87)69(45-91-83)63-19-13-15-21-75(63)89-31-17-18-32-90-76-22-16-14-20-64(76)70-46-92-84(82(70)88)86-73-29-25-61(79-55(9)37-49(3)38-56(79)10)43-67(73)68-44-62(26-30-74(68)86)80-57(11)39-50(4)40-58(80)12;2*1-7-5-3-2-4-6-7;/h13-16,19-30,33-46,87-88H,17-18,31-32H2,1-12H3;2*2-6H,1H2;/q;2*-1;/p+2. The maximum atomic E-state index is 12.5. The molecule has 4 heterocycles. The van der Waals surface area contributed by atoms with Crippen molar-refractivity contribution in [1.82, 2.24) is 9.13 Å². The van der Waals surface area contributed by atoms with E-state index in [1.807, 2.05) is 84.9 Å². The molecule has 0 bridgehead atoms. The fraction of sp³-hybridized carbons (Fsp3) is 0.163. The van der Waals surface area contributed by atoms with Gasteiger partial charge in [0, 0.05) is 94.2 Å². The van der Waals surface area contributed by atoms with Gasteiger partial charge in [-0.25, -0.2) is 0 Å². The van der Waals surface area contributed by atoms with Crippen molar-refractivity contribution < 1.29 is 45.5 Å². The van der Waals surface area contributed by atoms with Crippen molar-refractivity contribution in [2.24, 2.45) is 0 Å². The first-order chi connectivity index (χ1) is 51.2. The number of ether oxygens (including phenoxy) is 2. The van der Waals surface area contributed by atoms with Gasteiger partial charge in [-0.1, -0.05) is 131 Å². The van der Waals surface area contributed by atoms with Crippen LogP contribution in [0.5, 0.6) is 23.0 Å². The Balaban J connectivity index is 0.000000607. The molecule has 16 rings (SSSR count). The molecule has 12 aromatic carbocycles. The van der Waals surface area contributed by atoms with E-state index < -0.39 is 0 Å². The maximum absolute atomic E-state index is 12.5. The molecule has 0 aliphatic heterocycles. The predicted molar refractivity (Wildman–Crippen MR) is 454 cm³/mol. The first-order valence-electron chi connectivity index (χ1n) is 36.6. The van der Waals surface area contributed by atoms with Crippen molar-refractivity contribution >= 4 is 66.3 Å². The zero-order valence-electron chi connectivity index (χ0n) is 63.3. The van der Waals surface area contributed by atoms with Gasteiger partial charge in [-0.3, -0.25) is 9.13 Å². The van der Waals surface area contributed by atoms with Crippen LogP contribution in [0, 0.1) is 96.9 Å². The minimum atomic E-state index is 0. The number of hydrogen-bond acceptors (Lipinski definition) is 4. The van der Waals surface area contributed by atoms with Crippen LogP contribution in [0.25, 0.3) is 120 Å². The predicted octanol–water partition coefficient (Wildman–Crippen LogP) is 26.8. The number of fused-ring (bicyclic) bond motifs is 6. The Morgan fingerprint density at radius 2 is 0.561 bits per heavy atom. The van der Waals surface area contributed by atoms with Crippen LogP contribution in [0.3, 0.4) is 0 Å². The number of benzene rings is 12. The second-order valence-electron chi connectivity index (χ2n) is 28.8. The Bertz CT molecular complexity index is 5300. The van der Waals surface area contributed by atoms with Crippen molar-refractivity contribution in [1.29, 1.82) is 0 Å². The largest absolute Gasteiger partial charge is 0.582 e. The molecule has 16 aromatic rings. The van der Waals surface area contributed by atoms with Gasteiger partial charge in [-0.2, -0.15) is 49.2 Å². The summed E-state index contributed by atoms with van der Waals surface area (Å²) in [6.07, 6.45) is 1.65. The number of aliphatic hydroxyl groups is 2. The van der Waals surface area contributed by atoms with Gasteiger partial charge in [0.05, 0.1) is 33.2 Å². The number of aryl methyl sites for hydroxylation is 12. The molecule has 0 spiro atoms. The SMILES string of the molecule is Cc1cc(C)c(-c2ccc3c(c2)c2cc(-c4c(C)cc(C)cc4C)ccc2n3-c2scc(-c3ccccc3[OH+]CCCC[OH+]c3ccccc3-c3csc(-n4c5ccc(-c6c(C)cc(C)cc6C)cc5c5cc(-c6c(C)cc(C)cc6C)ccc54)c3O)c2O)c(C)c1.[CH2-]c1ccccc1.[CH2-]c1ccccc1.[Hf]. The summed E-state index contributed by atoms with van der Waals surface area (Å²) in [6.45, 7) is 35.0. The summed E-state index contributed by atoms with van der Waals surface area (Å²) >= 11 is 3.12. The molecule has 107 heavy (non-hydrogen) atoms. The zero-order valence-corrected chi connectivity index (χ0v) is 68.6. The van der Waals surface area contributed by atoms with Gasteiger partial charge in [0.15, 0.2) is 24.7 Å². The minimum absolute atomic E-state index is 0. The van der Waals surface area contributed by atoms with E-state index in [2.05, 4.69) is 262 Å². The first-order valence-corrected chi connectivity index (χ1v) is 38.3. The maximum Gasteiger partial charge on any atom is 0.262 e. The van der Waals surface area contributed by atoms with Gasteiger partial charge in [-0.15, -0.1) is 46.9 Å². The molecule has 0 radical (unpaired) electrons. The van der Waals surface area contributed by atoms with Gasteiger partial charge < -0.3 is 19.7 Å². The van der Waals surface area contributed by atoms with Crippen molar-refractivity contribution in [2.75, 3.05) is 13.2 Å². The van der Waals surface area contributed by atoms with Gasteiger partial charge >= 0.3 is 0 Å². The second kappa shape index (κ2) is 31.9. The van der Waals surface area contributed by atoms with Gasteiger partial charge in [0.1, 0.15) is 10.0 Å². The summed E-state index contributed by atoms with van der Waals surface area (Å²) in [7, 11) is 0. The molecule has 6 nitrogen and oxygen atoms in total. The summed E-state index contributed by atoms with van der Waals surface area (Å²) in [6, 6.07) is 81.6. The third kappa shape index (κ3) is 15.2. The molecule has 534 valence electrons. The van der Waals surface area contributed by atoms with Crippen molar-refractivity contribution in [3.63, 3.8) is 0 Å². The number of nitrogens with zero attached hydrogens (tertiary/aromatic N) is 2. The summed E-state index contributed by atoms with van der Waals surface area (Å²) in [5.41, 5.74) is 34.6. The smallest absolute Gasteiger partial charge is 0.262 e. The Labute approximate surface area is 657 Å². The number of unbranched alkanes of at least 4 members (excludes halogenated alkanes) is 1. The molecular weight excluding hydrogens is 1510 g/mol. The minimum Gasteiger partial charge on any atom is -0.582 e. The summed E-state index contributed by atoms with van der Waals surface area (Å²) in [4.78, 5) is 0. The van der Waals surface area contributed by atoms with Crippen LogP contribution in [0.4, 0.5) is 0 Å². The van der Waals surface area contributed by atoms with Crippen LogP contribution in [-0.4, -0.2) is 42.0 Å². The third-order valence-electron chi connectivity index (χ3n) is 20.5. The quantitative estimate of drug-likeness (QED) is 0.0464. The molecule has 4 aromatic heterocycles. The van der Waals surface area contributed by atoms with Crippen LogP contribution in [0.15, 0.2) is 241 Å². The number of thiophene rings is 2. The molecular formula is C98H92HfN2O4S2. The monoisotopic (exact) mass is 1600 g/mol. The van der Waals surface area contributed by atoms with Crippen molar-refractivity contribution in [3.8, 4) is 99.8 Å². The average molecular weight is 1600 g/mol. The van der Waals surface area contributed by atoms with Gasteiger partial charge in [0.25, 0.3) is 11.5 Å². The van der Waals surface area contributed by atoms with E-state index in [0.29, 0.717) is 13.2 Å². The molecule has 9 heteroatoms. The van der Waals surface area contributed by atoms with Crippen LogP contribution >= 0.6 is 22.7 Å². The van der Waals surface area contributed by atoms with Crippen molar-refractivity contribution in [2.45, 2.75) is 95.9 Å². The molecule has 0 aliphatic rings. The van der Waals surface area contributed by atoms with Gasteiger partial charge in [0.2, 0.25) is 0 Å². The number of hydrogen-bond donors (Lipinski definition) is 2. The van der Waals surface area contributed by atoms with Crippen LogP contribution in [0.2, 0.25) is 0 Å². The van der Waals surface area contributed by atoms with E-state index in [-0.39, 0.29) is 37.3 Å². The Kier molecular flexibility index (Phi) is 22.3. The molecule has 4 N–H and O–H groups in total. The summed E-state index contributed by atoms with van der Waals surface area (Å²) in [5.74, 6) is 2.18. The number of aromatic hydroxyl groups is 4. The van der Waals surface area contributed by atoms with Crippen LogP contribution in [-0.2, 0) is 25.8 Å². The fourth-order valence-corrected chi connectivity index (χ4v) is 18.3. The molecule has 0 aliphatic carbocycles. The Hall–Kier alpha value is -10.5. The molecule has 0 unspecified atom stereocenters.